The van der Waals surface area contributed by atoms with Crippen LogP contribution in [-0.2, 0) is 17.9 Å². The Morgan fingerprint density at radius 3 is 2.43 bits per heavy atom. The Labute approximate surface area is 133 Å². The molecule has 1 fully saturated rings. The molecule has 0 amide bonds. The Bertz CT molecular complexity index is 428. The first-order valence-electron chi connectivity index (χ1n) is 8.22. The molecule has 0 aromatic carbocycles. The summed E-state index contributed by atoms with van der Waals surface area (Å²) >= 11 is 1.90. The van der Waals surface area contributed by atoms with Gasteiger partial charge >= 0.3 is 0 Å². The third-order valence-electron chi connectivity index (χ3n) is 4.06. The van der Waals surface area contributed by atoms with Crippen molar-refractivity contribution in [3.63, 3.8) is 0 Å². The van der Waals surface area contributed by atoms with Crippen LogP contribution in [0.4, 0.5) is 0 Å². The highest BCUT2D eigenvalue weighted by Gasteiger charge is 2.21. The number of hydrogen-bond acceptors (Lipinski definition) is 4. The molecule has 1 heterocycles. The number of rotatable bonds is 5. The second kappa shape index (κ2) is 7.70. The zero-order valence-corrected chi connectivity index (χ0v) is 14.8. The van der Waals surface area contributed by atoms with Gasteiger partial charge in [-0.05, 0) is 33.6 Å². The maximum Gasteiger partial charge on any atom is 0.0963 e. The summed E-state index contributed by atoms with van der Waals surface area (Å²) in [4.78, 5) is 6.27. The van der Waals surface area contributed by atoms with Crippen molar-refractivity contribution >= 4 is 11.3 Å². The van der Waals surface area contributed by atoms with Gasteiger partial charge in [0.15, 0.2) is 0 Å². The minimum Gasteiger partial charge on any atom is -0.378 e. The van der Waals surface area contributed by atoms with Gasteiger partial charge in [-0.2, -0.15) is 0 Å². The lowest BCUT2D eigenvalue weighted by Crippen LogP contribution is -2.35. The SMILES string of the molecule is COCc1nc(C2CCCCCC2)sc1CNC(C)(C)C. The Morgan fingerprint density at radius 2 is 1.86 bits per heavy atom. The van der Waals surface area contributed by atoms with E-state index < -0.39 is 0 Å². The first-order valence-corrected chi connectivity index (χ1v) is 9.03. The van der Waals surface area contributed by atoms with Crippen LogP contribution in [0.5, 0.6) is 0 Å². The number of thiazole rings is 1. The van der Waals surface area contributed by atoms with Crippen molar-refractivity contribution in [2.45, 2.75) is 83.9 Å². The molecule has 0 unspecified atom stereocenters. The highest BCUT2D eigenvalue weighted by atomic mass is 32.1. The van der Waals surface area contributed by atoms with Crippen LogP contribution in [0, 0.1) is 0 Å². The maximum atomic E-state index is 5.34. The number of ether oxygens (including phenoxy) is 1. The summed E-state index contributed by atoms with van der Waals surface area (Å²) in [7, 11) is 1.76. The van der Waals surface area contributed by atoms with Gasteiger partial charge in [0.1, 0.15) is 0 Å². The van der Waals surface area contributed by atoms with E-state index in [9.17, 15) is 0 Å². The summed E-state index contributed by atoms with van der Waals surface area (Å²) in [6.07, 6.45) is 8.13. The second-order valence-electron chi connectivity index (χ2n) is 7.15. The predicted octanol–water partition coefficient (Wildman–Crippen LogP) is 4.62. The molecular formula is C17H30N2OS. The van der Waals surface area contributed by atoms with Gasteiger partial charge in [0.05, 0.1) is 17.3 Å². The van der Waals surface area contributed by atoms with Crippen LogP contribution < -0.4 is 5.32 Å². The van der Waals surface area contributed by atoms with E-state index in [-0.39, 0.29) is 5.54 Å². The van der Waals surface area contributed by atoms with E-state index in [1.165, 1.54) is 48.4 Å². The van der Waals surface area contributed by atoms with E-state index in [4.69, 9.17) is 9.72 Å². The van der Waals surface area contributed by atoms with E-state index in [2.05, 4.69) is 26.1 Å². The van der Waals surface area contributed by atoms with Crippen LogP contribution in [0.1, 0.15) is 80.8 Å². The van der Waals surface area contributed by atoms with Crippen molar-refractivity contribution in [2.75, 3.05) is 7.11 Å². The molecule has 0 bridgehead atoms. The fraction of sp³-hybridized carbons (Fsp3) is 0.824. The van der Waals surface area contributed by atoms with Gasteiger partial charge < -0.3 is 10.1 Å². The first-order chi connectivity index (χ1) is 9.99. The van der Waals surface area contributed by atoms with E-state index in [1.807, 2.05) is 11.3 Å². The summed E-state index contributed by atoms with van der Waals surface area (Å²) < 4.78 is 5.34. The lowest BCUT2D eigenvalue weighted by atomic mass is 10.0. The molecule has 4 heteroatoms. The average Bonchev–Trinajstić information content (AvgIpc) is 2.63. The molecule has 0 atom stereocenters. The quantitative estimate of drug-likeness (QED) is 0.806. The zero-order valence-electron chi connectivity index (χ0n) is 14.0. The molecule has 0 radical (unpaired) electrons. The summed E-state index contributed by atoms with van der Waals surface area (Å²) in [5.74, 6) is 0.677. The second-order valence-corrected chi connectivity index (χ2v) is 8.26. The lowest BCUT2D eigenvalue weighted by Gasteiger charge is -2.20. The maximum absolute atomic E-state index is 5.34. The van der Waals surface area contributed by atoms with Gasteiger partial charge in [0, 0.05) is 30.0 Å². The van der Waals surface area contributed by atoms with Crippen molar-refractivity contribution in [1.82, 2.24) is 10.3 Å². The van der Waals surface area contributed by atoms with Gasteiger partial charge in [-0.25, -0.2) is 4.98 Å². The Balaban J connectivity index is 2.11. The molecule has 1 N–H and O–H groups in total. The molecule has 1 saturated carbocycles. The first kappa shape index (κ1) is 16.9. The molecule has 3 nitrogen and oxygen atoms in total. The minimum atomic E-state index is 0.136. The van der Waals surface area contributed by atoms with Gasteiger partial charge in [-0.1, -0.05) is 25.7 Å². The fourth-order valence-electron chi connectivity index (χ4n) is 2.84. The Morgan fingerprint density at radius 1 is 1.19 bits per heavy atom. The summed E-state index contributed by atoms with van der Waals surface area (Å²) in [6.45, 7) is 8.14. The van der Waals surface area contributed by atoms with Crippen LogP contribution in [0.25, 0.3) is 0 Å². The van der Waals surface area contributed by atoms with Gasteiger partial charge in [-0.3, -0.25) is 0 Å². The molecule has 21 heavy (non-hydrogen) atoms. The number of methoxy groups -OCH3 is 1. The highest BCUT2D eigenvalue weighted by molar-refractivity contribution is 7.11. The standard InChI is InChI=1S/C17H30N2OS/c1-17(2,3)18-11-15-14(12-20-4)19-16(21-15)13-9-7-5-6-8-10-13/h13,18H,5-12H2,1-4H3. The average molecular weight is 311 g/mol. The number of nitrogens with zero attached hydrogens (tertiary/aromatic N) is 1. The molecule has 0 saturated heterocycles. The van der Waals surface area contributed by atoms with Gasteiger partial charge in [0.2, 0.25) is 0 Å². The zero-order chi connectivity index (χ0) is 15.3. The van der Waals surface area contributed by atoms with E-state index in [0.717, 1.165) is 12.2 Å². The Kier molecular flexibility index (Phi) is 6.20. The molecule has 0 spiro atoms. The fourth-order valence-corrected chi connectivity index (χ4v) is 4.01. The third-order valence-corrected chi connectivity index (χ3v) is 5.32. The van der Waals surface area contributed by atoms with Gasteiger partial charge in [-0.15, -0.1) is 11.3 Å². The summed E-state index contributed by atoms with van der Waals surface area (Å²) in [5, 5.41) is 4.92. The van der Waals surface area contributed by atoms with Crippen LogP contribution in [0.15, 0.2) is 0 Å². The minimum absolute atomic E-state index is 0.136. The van der Waals surface area contributed by atoms with Crippen molar-refractivity contribution in [2.24, 2.45) is 0 Å². The summed E-state index contributed by atoms with van der Waals surface area (Å²) in [5.41, 5.74) is 1.27. The molecule has 120 valence electrons. The largest absolute Gasteiger partial charge is 0.378 e. The molecule has 1 aliphatic carbocycles. The lowest BCUT2D eigenvalue weighted by molar-refractivity contribution is 0.181. The monoisotopic (exact) mass is 310 g/mol. The summed E-state index contributed by atoms with van der Waals surface area (Å²) in [6, 6.07) is 0. The molecule has 2 rings (SSSR count). The highest BCUT2D eigenvalue weighted by Crippen LogP contribution is 2.35. The number of hydrogen-bond donors (Lipinski definition) is 1. The van der Waals surface area contributed by atoms with Crippen LogP contribution in [0.2, 0.25) is 0 Å². The molecule has 0 aliphatic heterocycles. The molecule has 1 aliphatic rings. The Hall–Kier alpha value is -0.450. The topological polar surface area (TPSA) is 34.1 Å². The normalized spacial score (nSPS) is 17.9. The number of aromatic nitrogens is 1. The van der Waals surface area contributed by atoms with Crippen molar-refractivity contribution in [3.8, 4) is 0 Å². The van der Waals surface area contributed by atoms with Crippen LogP contribution in [0.3, 0.4) is 0 Å². The van der Waals surface area contributed by atoms with E-state index in [1.54, 1.807) is 7.11 Å². The van der Waals surface area contributed by atoms with Crippen LogP contribution in [-0.4, -0.2) is 17.6 Å². The van der Waals surface area contributed by atoms with Crippen molar-refractivity contribution in [1.29, 1.82) is 0 Å². The number of nitrogens with one attached hydrogen (secondary N) is 1. The van der Waals surface area contributed by atoms with Crippen molar-refractivity contribution in [3.05, 3.63) is 15.6 Å². The van der Waals surface area contributed by atoms with Crippen molar-refractivity contribution < 1.29 is 4.74 Å². The van der Waals surface area contributed by atoms with E-state index >= 15 is 0 Å². The van der Waals surface area contributed by atoms with E-state index in [0.29, 0.717) is 12.5 Å². The van der Waals surface area contributed by atoms with Gasteiger partial charge in [0.25, 0.3) is 0 Å². The smallest absolute Gasteiger partial charge is 0.0963 e. The third kappa shape index (κ3) is 5.35. The molecular weight excluding hydrogens is 280 g/mol. The van der Waals surface area contributed by atoms with Crippen LogP contribution >= 0.6 is 11.3 Å². The molecule has 1 aromatic rings. The predicted molar refractivity (Wildman–Crippen MR) is 89.9 cm³/mol. The molecule has 1 aromatic heterocycles.